The van der Waals surface area contributed by atoms with E-state index in [0.29, 0.717) is 11.3 Å². The molecule has 0 aliphatic rings. The van der Waals surface area contributed by atoms with Crippen LogP contribution in [0.25, 0.3) is 0 Å². The lowest BCUT2D eigenvalue weighted by molar-refractivity contribution is 0.102. The van der Waals surface area contributed by atoms with Crippen LogP contribution in [-0.2, 0) is 0 Å². The van der Waals surface area contributed by atoms with Gasteiger partial charge in [0.05, 0.1) is 11.3 Å². The van der Waals surface area contributed by atoms with Crippen molar-refractivity contribution in [2.24, 2.45) is 0 Å². The van der Waals surface area contributed by atoms with Crippen LogP contribution >= 0.6 is 27.5 Å². The predicted octanol–water partition coefficient (Wildman–Crippen LogP) is 3.45. The number of amides is 1. The van der Waals surface area contributed by atoms with Crippen LogP contribution in [0.1, 0.15) is 15.9 Å². The molecule has 4 nitrogen and oxygen atoms in total. The molecule has 0 saturated heterocycles. The van der Waals surface area contributed by atoms with E-state index in [1.54, 1.807) is 24.5 Å². The fourth-order valence-corrected chi connectivity index (χ4v) is 1.89. The predicted molar refractivity (Wildman–Crippen MR) is 73.9 cm³/mol. The van der Waals surface area contributed by atoms with Gasteiger partial charge >= 0.3 is 0 Å². The molecule has 0 unspecified atom stereocenters. The molecule has 2 heterocycles. The van der Waals surface area contributed by atoms with Gasteiger partial charge in [0.25, 0.3) is 5.91 Å². The van der Waals surface area contributed by atoms with Crippen molar-refractivity contribution >= 4 is 39.1 Å². The van der Waals surface area contributed by atoms with E-state index >= 15 is 0 Å². The topological polar surface area (TPSA) is 54.9 Å². The van der Waals surface area contributed by atoms with Gasteiger partial charge in [-0.1, -0.05) is 11.6 Å². The van der Waals surface area contributed by atoms with E-state index in [1.807, 2.05) is 6.92 Å². The minimum atomic E-state index is -0.280. The highest BCUT2D eigenvalue weighted by Crippen LogP contribution is 2.20. The van der Waals surface area contributed by atoms with Crippen molar-refractivity contribution in [2.75, 3.05) is 5.32 Å². The third-order valence-electron chi connectivity index (χ3n) is 2.19. The van der Waals surface area contributed by atoms with Crippen molar-refractivity contribution in [1.29, 1.82) is 0 Å². The van der Waals surface area contributed by atoms with Crippen molar-refractivity contribution < 1.29 is 4.79 Å². The molecule has 92 valence electrons. The summed E-state index contributed by atoms with van der Waals surface area (Å²) in [5, 5.41) is 2.96. The second-order valence-corrected chi connectivity index (χ2v) is 4.97. The molecule has 2 aromatic rings. The second kappa shape index (κ2) is 5.46. The number of hydrogen-bond donors (Lipinski definition) is 1. The number of anilines is 1. The number of carbonyl (C=O) groups excluding carboxylic acids is 1. The third-order valence-corrected chi connectivity index (χ3v) is 2.93. The zero-order chi connectivity index (χ0) is 13.1. The molecule has 0 radical (unpaired) electrons. The molecule has 2 rings (SSSR count). The number of nitrogens with zero attached hydrogens (tertiary/aromatic N) is 2. The van der Waals surface area contributed by atoms with Crippen LogP contribution < -0.4 is 5.32 Å². The summed E-state index contributed by atoms with van der Waals surface area (Å²) >= 11 is 9.17. The summed E-state index contributed by atoms with van der Waals surface area (Å²) in [5.41, 5.74) is 1.85. The SMILES string of the molecule is Cc1cnc(Cl)c(NC(=O)c2cncc(Br)c2)c1. The van der Waals surface area contributed by atoms with Crippen molar-refractivity contribution in [1.82, 2.24) is 9.97 Å². The molecule has 0 atom stereocenters. The van der Waals surface area contributed by atoms with Gasteiger partial charge in [-0.15, -0.1) is 0 Å². The van der Waals surface area contributed by atoms with E-state index in [1.165, 1.54) is 6.20 Å². The highest BCUT2D eigenvalue weighted by molar-refractivity contribution is 9.10. The van der Waals surface area contributed by atoms with Crippen LogP contribution in [0.5, 0.6) is 0 Å². The Bertz CT molecular complexity index is 604. The lowest BCUT2D eigenvalue weighted by Gasteiger charge is -2.07. The normalized spacial score (nSPS) is 10.2. The highest BCUT2D eigenvalue weighted by atomic mass is 79.9. The Balaban J connectivity index is 2.24. The highest BCUT2D eigenvalue weighted by Gasteiger charge is 2.10. The Morgan fingerprint density at radius 2 is 2.11 bits per heavy atom. The maximum absolute atomic E-state index is 12.0. The van der Waals surface area contributed by atoms with E-state index in [4.69, 9.17) is 11.6 Å². The van der Waals surface area contributed by atoms with E-state index < -0.39 is 0 Å². The smallest absolute Gasteiger partial charge is 0.257 e. The van der Waals surface area contributed by atoms with Gasteiger partial charge in [0, 0.05) is 23.1 Å². The van der Waals surface area contributed by atoms with Gasteiger partial charge in [-0.25, -0.2) is 4.98 Å². The van der Waals surface area contributed by atoms with Crippen molar-refractivity contribution in [3.05, 3.63) is 51.5 Å². The van der Waals surface area contributed by atoms with Gasteiger partial charge < -0.3 is 5.32 Å². The Hall–Kier alpha value is -1.46. The van der Waals surface area contributed by atoms with Gasteiger partial charge in [-0.3, -0.25) is 9.78 Å². The van der Waals surface area contributed by atoms with E-state index in [0.717, 1.165) is 10.0 Å². The largest absolute Gasteiger partial charge is 0.319 e. The van der Waals surface area contributed by atoms with Crippen molar-refractivity contribution in [2.45, 2.75) is 6.92 Å². The number of pyridine rings is 2. The van der Waals surface area contributed by atoms with Gasteiger partial charge in [0.1, 0.15) is 0 Å². The maximum Gasteiger partial charge on any atom is 0.257 e. The van der Waals surface area contributed by atoms with Crippen LogP contribution in [0.4, 0.5) is 5.69 Å². The van der Waals surface area contributed by atoms with Gasteiger partial charge in [-0.2, -0.15) is 0 Å². The van der Waals surface area contributed by atoms with Crippen molar-refractivity contribution in [3.63, 3.8) is 0 Å². The van der Waals surface area contributed by atoms with Crippen LogP contribution in [0.2, 0.25) is 5.15 Å². The summed E-state index contributed by atoms with van der Waals surface area (Å²) in [4.78, 5) is 19.9. The monoisotopic (exact) mass is 325 g/mol. The molecule has 0 aromatic carbocycles. The average Bonchev–Trinajstić information content (AvgIpc) is 2.34. The summed E-state index contributed by atoms with van der Waals surface area (Å²) in [7, 11) is 0. The van der Waals surface area contributed by atoms with Crippen LogP contribution in [0.15, 0.2) is 35.2 Å². The first kappa shape index (κ1) is 13.0. The standard InChI is InChI=1S/C12H9BrClN3O/c1-7-2-10(11(14)16-4-7)17-12(18)8-3-9(13)6-15-5-8/h2-6H,1H3,(H,17,18). The van der Waals surface area contributed by atoms with E-state index in [2.05, 4.69) is 31.2 Å². The minimum Gasteiger partial charge on any atom is -0.319 e. The lowest BCUT2D eigenvalue weighted by Crippen LogP contribution is -2.13. The second-order valence-electron chi connectivity index (χ2n) is 3.70. The van der Waals surface area contributed by atoms with Crippen LogP contribution in [0.3, 0.4) is 0 Å². The molecular formula is C12H9BrClN3O. The lowest BCUT2D eigenvalue weighted by atomic mass is 10.2. The number of halogens is 2. The number of nitrogens with one attached hydrogen (secondary N) is 1. The summed E-state index contributed by atoms with van der Waals surface area (Å²) < 4.78 is 0.739. The molecule has 2 aromatic heterocycles. The molecule has 6 heteroatoms. The minimum absolute atomic E-state index is 0.261. The molecule has 0 saturated carbocycles. The van der Waals surface area contributed by atoms with E-state index in [-0.39, 0.29) is 11.1 Å². The van der Waals surface area contributed by atoms with Gasteiger partial charge in [-0.05, 0) is 40.5 Å². The van der Waals surface area contributed by atoms with Gasteiger partial charge in [0.2, 0.25) is 0 Å². The number of aromatic nitrogens is 2. The molecule has 0 bridgehead atoms. The Morgan fingerprint density at radius 1 is 1.33 bits per heavy atom. The molecule has 0 spiro atoms. The fraction of sp³-hybridized carbons (Fsp3) is 0.0833. The zero-order valence-corrected chi connectivity index (χ0v) is 11.8. The quantitative estimate of drug-likeness (QED) is 0.860. The third kappa shape index (κ3) is 3.05. The first-order valence-corrected chi connectivity index (χ1v) is 6.27. The summed E-state index contributed by atoms with van der Waals surface area (Å²) in [6, 6.07) is 3.44. The summed E-state index contributed by atoms with van der Waals surface area (Å²) in [5.74, 6) is -0.280. The first-order valence-electron chi connectivity index (χ1n) is 5.10. The Kier molecular flexibility index (Phi) is 3.93. The number of hydrogen-bond acceptors (Lipinski definition) is 3. The van der Waals surface area contributed by atoms with Crippen molar-refractivity contribution in [3.8, 4) is 0 Å². The maximum atomic E-state index is 12.0. The van der Waals surface area contributed by atoms with E-state index in [9.17, 15) is 4.79 Å². The number of aryl methyl sites for hydroxylation is 1. The first-order chi connectivity index (χ1) is 8.56. The molecule has 0 fully saturated rings. The molecule has 0 aliphatic heterocycles. The summed E-state index contributed by atoms with van der Waals surface area (Å²) in [6.45, 7) is 1.87. The fourth-order valence-electron chi connectivity index (χ4n) is 1.37. The molecule has 1 N–H and O–H groups in total. The summed E-state index contributed by atoms with van der Waals surface area (Å²) in [6.07, 6.45) is 4.73. The Morgan fingerprint density at radius 3 is 2.83 bits per heavy atom. The van der Waals surface area contributed by atoms with Crippen LogP contribution in [-0.4, -0.2) is 15.9 Å². The average molecular weight is 327 g/mol. The zero-order valence-electron chi connectivity index (χ0n) is 9.45. The van der Waals surface area contributed by atoms with Crippen LogP contribution in [0, 0.1) is 6.92 Å². The number of carbonyl (C=O) groups is 1. The molecule has 18 heavy (non-hydrogen) atoms. The van der Waals surface area contributed by atoms with Gasteiger partial charge in [0.15, 0.2) is 5.15 Å². The molecular weight excluding hydrogens is 318 g/mol. The molecule has 1 amide bonds. The molecule has 0 aliphatic carbocycles. The number of rotatable bonds is 2. The Labute approximate surface area is 118 Å².